The molecule has 0 fully saturated rings. The van der Waals surface area contributed by atoms with Crippen molar-refractivity contribution in [1.29, 1.82) is 0 Å². The lowest BCUT2D eigenvalue weighted by Crippen LogP contribution is -1.89. The molecular weight excluding hydrogens is 396 g/mol. The average molecular weight is 419 g/mol. The van der Waals surface area contributed by atoms with E-state index in [2.05, 4.69) is 122 Å². The largest absolute Gasteiger partial charge is 0.0616 e. The van der Waals surface area contributed by atoms with Gasteiger partial charge in [-0.15, -0.1) is 0 Å². The van der Waals surface area contributed by atoms with E-state index in [1.807, 2.05) is 0 Å². The highest BCUT2D eigenvalue weighted by atomic mass is 14.2. The van der Waals surface area contributed by atoms with Crippen molar-refractivity contribution in [2.45, 2.75) is 6.92 Å². The normalized spacial score (nSPS) is 11.8. The smallest absolute Gasteiger partial charge is 0.00205 e. The second kappa shape index (κ2) is 6.92. The number of hydrogen-bond donors (Lipinski definition) is 0. The van der Waals surface area contributed by atoms with Gasteiger partial charge < -0.3 is 0 Å². The molecule has 0 bridgehead atoms. The molecular formula is C33H22. The van der Waals surface area contributed by atoms with Gasteiger partial charge in [0.05, 0.1) is 0 Å². The van der Waals surface area contributed by atoms with Crippen LogP contribution in [0, 0.1) is 6.92 Å². The monoisotopic (exact) mass is 418 g/mol. The first-order chi connectivity index (χ1) is 16.3. The number of hydrogen-bond acceptors (Lipinski definition) is 0. The number of aryl methyl sites for hydroxylation is 1. The first kappa shape index (κ1) is 18.4. The topological polar surface area (TPSA) is 0 Å². The highest BCUT2D eigenvalue weighted by Gasteiger charge is 2.13. The molecule has 7 aromatic carbocycles. The van der Waals surface area contributed by atoms with Crippen LogP contribution in [0.25, 0.3) is 65.3 Å². The predicted octanol–water partition coefficient (Wildman–Crippen LogP) is 9.38. The van der Waals surface area contributed by atoms with E-state index >= 15 is 0 Å². The van der Waals surface area contributed by atoms with Crippen molar-refractivity contribution in [3.8, 4) is 22.3 Å². The molecule has 33 heavy (non-hydrogen) atoms. The minimum absolute atomic E-state index is 1.25. The Hall–Kier alpha value is -4.16. The van der Waals surface area contributed by atoms with Gasteiger partial charge in [-0.1, -0.05) is 115 Å². The maximum absolute atomic E-state index is 2.30. The molecule has 0 nitrogen and oxygen atoms in total. The summed E-state index contributed by atoms with van der Waals surface area (Å²) in [5, 5.41) is 10.7. The summed E-state index contributed by atoms with van der Waals surface area (Å²) in [4.78, 5) is 0. The lowest BCUT2D eigenvalue weighted by Gasteiger charge is -2.15. The van der Waals surface area contributed by atoms with Crippen molar-refractivity contribution in [2.24, 2.45) is 0 Å². The number of rotatable bonds is 2. The van der Waals surface area contributed by atoms with E-state index in [-0.39, 0.29) is 0 Å². The Labute approximate surface area is 193 Å². The summed E-state index contributed by atoms with van der Waals surface area (Å²) in [5.41, 5.74) is 6.42. The zero-order chi connectivity index (χ0) is 21.9. The molecule has 0 aliphatic carbocycles. The molecule has 0 saturated carbocycles. The van der Waals surface area contributed by atoms with Gasteiger partial charge in [-0.3, -0.25) is 0 Å². The van der Waals surface area contributed by atoms with Crippen molar-refractivity contribution in [2.75, 3.05) is 0 Å². The van der Waals surface area contributed by atoms with Crippen LogP contribution < -0.4 is 0 Å². The van der Waals surface area contributed by atoms with Gasteiger partial charge in [-0.25, -0.2) is 0 Å². The molecule has 7 aromatic rings. The maximum atomic E-state index is 2.30. The summed E-state index contributed by atoms with van der Waals surface area (Å²) < 4.78 is 0. The SMILES string of the molecule is Cc1ccc2ccc3c(-c4ccc(-c5cccc6ccccc56)cc4)ccc4ccc1c2c43. The third-order valence-electron chi connectivity index (χ3n) is 7.18. The Bertz CT molecular complexity index is 1800. The fraction of sp³-hybridized carbons (Fsp3) is 0.0303. The molecule has 0 radical (unpaired) electrons. The molecule has 0 unspecified atom stereocenters. The summed E-state index contributed by atoms with van der Waals surface area (Å²) >= 11 is 0. The molecule has 0 aromatic heterocycles. The summed E-state index contributed by atoms with van der Waals surface area (Å²) in [5.74, 6) is 0. The molecule has 0 atom stereocenters. The molecule has 0 aliphatic rings. The zero-order valence-electron chi connectivity index (χ0n) is 18.5. The minimum atomic E-state index is 1.25. The quantitative estimate of drug-likeness (QED) is 0.245. The van der Waals surface area contributed by atoms with Crippen LogP contribution in [0.1, 0.15) is 5.56 Å². The van der Waals surface area contributed by atoms with Gasteiger partial charge in [0.15, 0.2) is 0 Å². The van der Waals surface area contributed by atoms with Crippen molar-refractivity contribution in [1.82, 2.24) is 0 Å². The standard InChI is InChI=1S/C33H22/c1-21-9-10-25-17-20-31-30(19-16-26-15-18-27(21)32(25)33(26)31)24-13-11-23(12-14-24)29-8-4-6-22-5-2-3-7-28(22)29/h2-20H,1H3. The van der Waals surface area contributed by atoms with Gasteiger partial charge in [0, 0.05) is 0 Å². The van der Waals surface area contributed by atoms with Gasteiger partial charge in [0.2, 0.25) is 0 Å². The third kappa shape index (κ3) is 2.71. The second-order valence-electron chi connectivity index (χ2n) is 9.02. The van der Waals surface area contributed by atoms with Crippen molar-refractivity contribution < 1.29 is 0 Å². The highest BCUT2D eigenvalue weighted by molar-refractivity contribution is 6.26. The van der Waals surface area contributed by atoms with E-state index in [0.29, 0.717) is 0 Å². The number of fused-ring (bicyclic) bond motifs is 1. The summed E-state index contributed by atoms with van der Waals surface area (Å²) in [6.07, 6.45) is 0. The van der Waals surface area contributed by atoms with Crippen LogP contribution in [0.15, 0.2) is 115 Å². The van der Waals surface area contributed by atoms with Crippen LogP contribution in [0.5, 0.6) is 0 Å². The average Bonchev–Trinajstić information content (AvgIpc) is 2.88. The molecule has 0 heterocycles. The second-order valence-corrected chi connectivity index (χ2v) is 9.02. The zero-order valence-corrected chi connectivity index (χ0v) is 18.5. The lowest BCUT2D eigenvalue weighted by molar-refractivity contribution is 1.55. The molecule has 0 heteroatoms. The Morgan fingerprint density at radius 2 is 0.939 bits per heavy atom. The van der Waals surface area contributed by atoms with Gasteiger partial charge in [0.1, 0.15) is 0 Å². The van der Waals surface area contributed by atoms with Crippen LogP contribution >= 0.6 is 0 Å². The van der Waals surface area contributed by atoms with Gasteiger partial charge in [0.25, 0.3) is 0 Å². The van der Waals surface area contributed by atoms with Crippen molar-refractivity contribution in [3.05, 3.63) is 121 Å². The Morgan fingerprint density at radius 1 is 0.364 bits per heavy atom. The molecule has 0 aliphatic heterocycles. The van der Waals surface area contributed by atoms with E-state index in [9.17, 15) is 0 Å². The summed E-state index contributed by atoms with van der Waals surface area (Å²) in [6, 6.07) is 42.4. The first-order valence-corrected chi connectivity index (χ1v) is 11.5. The maximum Gasteiger partial charge on any atom is -0.00205 e. The minimum Gasteiger partial charge on any atom is -0.0616 e. The van der Waals surface area contributed by atoms with Gasteiger partial charge in [-0.05, 0) is 77.8 Å². The van der Waals surface area contributed by atoms with E-state index in [4.69, 9.17) is 0 Å². The van der Waals surface area contributed by atoms with E-state index < -0.39 is 0 Å². The van der Waals surface area contributed by atoms with E-state index in [1.54, 1.807) is 0 Å². The van der Waals surface area contributed by atoms with Crippen LogP contribution in [0.3, 0.4) is 0 Å². The van der Waals surface area contributed by atoms with E-state index in [0.717, 1.165) is 0 Å². The Kier molecular flexibility index (Phi) is 3.86. The van der Waals surface area contributed by atoms with Crippen molar-refractivity contribution >= 4 is 43.1 Å². The first-order valence-electron chi connectivity index (χ1n) is 11.5. The Balaban J connectivity index is 1.43. The third-order valence-corrected chi connectivity index (χ3v) is 7.18. The van der Waals surface area contributed by atoms with Crippen LogP contribution in [0.4, 0.5) is 0 Å². The van der Waals surface area contributed by atoms with Crippen molar-refractivity contribution in [3.63, 3.8) is 0 Å². The Morgan fingerprint density at radius 3 is 1.73 bits per heavy atom. The summed E-state index contributed by atoms with van der Waals surface area (Å²) in [7, 11) is 0. The van der Waals surface area contributed by atoms with E-state index in [1.165, 1.54) is 70.9 Å². The number of benzene rings is 7. The fourth-order valence-corrected chi connectivity index (χ4v) is 5.51. The molecule has 0 N–H and O–H groups in total. The predicted molar refractivity (Wildman–Crippen MR) is 143 cm³/mol. The van der Waals surface area contributed by atoms with Crippen LogP contribution in [-0.2, 0) is 0 Å². The molecule has 0 saturated heterocycles. The van der Waals surface area contributed by atoms with Gasteiger partial charge in [-0.2, -0.15) is 0 Å². The summed E-state index contributed by atoms with van der Waals surface area (Å²) in [6.45, 7) is 2.21. The van der Waals surface area contributed by atoms with Crippen LogP contribution in [0.2, 0.25) is 0 Å². The fourth-order valence-electron chi connectivity index (χ4n) is 5.51. The molecule has 154 valence electrons. The molecule has 0 amide bonds. The molecule has 7 rings (SSSR count). The van der Waals surface area contributed by atoms with Gasteiger partial charge >= 0.3 is 0 Å². The molecule has 0 spiro atoms. The van der Waals surface area contributed by atoms with Crippen LogP contribution in [-0.4, -0.2) is 0 Å². The highest BCUT2D eigenvalue weighted by Crippen LogP contribution is 2.40. The lowest BCUT2D eigenvalue weighted by atomic mass is 9.88.